The Balaban J connectivity index is 1.10. The van der Waals surface area contributed by atoms with Crippen molar-refractivity contribution in [2.45, 2.75) is 88.4 Å². The Morgan fingerprint density at radius 3 is 1.79 bits per heavy atom. The van der Waals surface area contributed by atoms with Crippen molar-refractivity contribution >= 4 is 17.1 Å². The molecule has 52 heavy (non-hydrogen) atoms. The van der Waals surface area contributed by atoms with E-state index in [2.05, 4.69) is 127 Å². The van der Waals surface area contributed by atoms with Crippen molar-refractivity contribution in [1.82, 2.24) is 0 Å². The molecule has 1 heteroatoms. The van der Waals surface area contributed by atoms with Gasteiger partial charge in [-0.15, -0.1) is 0 Å². The zero-order chi connectivity index (χ0) is 34.2. The van der Waals surface area contributed by atoms with Crippen molar-refractivity contribution in [3.8, 4) is 22.3 Å². The predicted molar refractivity (Wildman–Crippen MR) is 214 cm³/mol. The molecule has 8 aliphatic rings. The van der Waals surface area contributed by atoms with Gasteiger partial charge >= 0.3 is 0 Å². The van der Waals surface area contributed by atoms with Gasteiger partial charge in [-0.1, -0.05) is 105 Å². The van der Waals surface area contributed by atoms with E-state index in [-0.39, 0.29) is 10.8 Å². The summed E-state index contributed by atoms with van der Waals surface area (Å²) < 4.78 is 0. The molecule has 5 aromatic carbocycles. The number of fused-ring (bicyclic) bond motifs is 6. The van der Waals surface area contributed by atoms with E-state index in [1.54, 1.807) is 22.3 Å². The van der Waals surface area contributed by atoms with Gasteiger partial charge in [0.15, 0.2) is 0 Å². The van der Waals surface area contributed by atoms with Gasteiger partial charge in [-0.05, 0) is 174 Å². The standard InChI is InChI=1S/C51H51N/c1-2-32-25-35-12-10-13-36(26-32)51(35)46-20-9-7-17-42(46)44-18-11-21-48(49(44)51)52(39-14-4-3-5-15-39)40-22-23-43-41-16-6-8-19-45(41)50(47(43)31-40)37-27-33-24-34(29-37)30-38(50)28-33/h3-9,11,14-23,31-38H,2,10,12-13,24-30H2,1H3. The summed E-state index contributed by atoms with van der Waals surface area (Å²) in [5.41, 5.74) is 16.9. The van der Waals surface area contributed by atoms with Crippen LogP contribution in [-0.2, 0) is 10.8 Å². The maximum Gasteiger partial charge on any atom is 0.0509 e. The molecule has 0 N–H and O–H groups in total. The summed E-state index contributed by atoms with van der Waals surface area (Å²) in [6, 6.07) is 45.7. The molecule has 260 valence electrons. The molecule has 0 aliphatic heterocycles. The normalized spacial score (nSPS) is 33.9. The van der Waals surface area contributed by atoms with E-state index >= 15 is 0 Å². The van der Waals surface area contributed by atoms with Crippen molar-refractivity contribution in [3.05, 3.63) is 138 Å². The van der Waals surface area contributed by atoms with E-state index in [1.165, 1.54) is 110 Å². The van der Waals surface area contributed by atoms with Crippen LogP contribution in [0.15, 0.2) is 115 Å². The van der Waals surface area contributed by atoms with Crippen LogP contribution >= 0.6 is 0 Å². The van der Waals surface area contributed by atoms with E-state index in [1.807, 2.05) is 0 Å². The minimum absolute atomic E-state index is 0.0785. The smallest absolute Gasteiger partial charge is 0.0509 e. The van der Waals surface area contributed by atoms with Crippen LogP contribution in [0.3, 0.4) is 0 Å². The molecule has 0 heterocycles. The van der Waals surface area contributed by atoms with Crippen molar-refractivity contribution in [3.63, 3.8) is 0 Å². The third-order valence-corrected chi connectivity index (χ3v) is 16.4. The zero-order valence-electron chi connectivity index (χ0n) is 30.7. The minimum Gasteiger partial charge on any atom is -0.310 e. The molecule has 2 atom stereocenters. The van der Waals surface area contributed by atoms with Crippen LogP contribution in [-0.4, -0.2) is 0 Å². The van der Waals surface area contributed by atoms with E-state index in [0.717, 1.165) is 29.6 Å². The number of rotatable bonds is 4. The summed E-state index contributed by atoms with van der Waals surface area (Å²) in [7, 11) is 0. The maximum atomic E-state index is 2.72. The largest absolute Gasteiger partial charge is 0.310 e. The number of para-hydroxylation sites is 1. The number of hydrogen-bond acceptors (Lipinski definition) is 1. The molecule has 6 bridgehead atoms. The monoisotopic (exact) mass is 677 g/mol. The van der Waals surface area contributed by atoms with E-state index in [0.29, 0.717) is 11.8 Å². The van der Waals surface area contributed by atoms with E-state index in [9.17, 15) is 0 Å². The Kier molecular flexibility index (Phi) is 6.41. The lowest BCUT2D eigenvalue weighted by molar-refractivity contribution is -0.0399. The molecule has 5 aromatic rings. The summed E-state index contributed by atoms with van der Waals surface area (Å²) in [4.78, 5) is 2.71. The summed E-state index contributed by atoms with van der Waals surface area (Å²) in [5, 5.41) is 0. The number of nitrogens with zero attached hydrogens (tertiary/aromatic N) is 1. The van der Waals surface area contributed by atoms with Crippen LogP contribution in [0, 0.1) is 41.4 Å². The average molecular weight is 678 g/mol. The van der Waals surface area contributed by atoms with Crippen LogP contribution in [0.25, 0.3) is 22.3 Å². The maximum absolute atomic E-state index is 2.72. The van der Waals surface area contributed by atoms with Crippen LogP contribution < -0.4 is 4.90 Å². The lowest BCUT2D eigenvalue weighted by atomic mass is 9.43. The Labute approximate surface area is 310 Å². The fourth-order valence-electron chi connectivity index (χ4n) is 15.0. The van der Waals surface area contributed by atoms with Gasteiger partial charge in [0.05, 0.1) is 5.69 Å². The molecular formula is C51H51N. The zero-order valence-corrected chi connectivity index (χ0v) is 30.7. The molecule has 0 amide bonds. The van der Waals surface area contributed by atoms with Gasteiger partial charge in [-0.2, -0.15) is 0 Å². The summed E-state index contributed by atoms with van der Waals surface area (Å²) in [6.45, 7) is 2.44. The van der Waals surface area contributed by atoms with Gasteiger partial charge in [-0.3, -0.25) is 0 Å². The Bertz CT molecular complexity index is 2180. The third-order valence-electron chi connectivity index (χ3n) is 16.4. The molecule has 8 aliphatic carbocycles. The molecule has 0 radical (unpaired) electrons. The second-order valence-corrected chi connectivity index (χ2v) is 18.3. The summed E-state index contributed by atoms with van der Waals surface area (Å²) in [6.07, 6.45) is 15.3. The SMILES string of the molecule is CCC1CC2CCCC(C1)C21c2ccccc2-c2cccc(N(c3ccccc3)c3ccc4c(c3)C3(c5ccccc5-4)C4CC5CC(C4)CC3C5)c21. The molecule has 2 unspecified atom stereocenters. The van der Waals surface area contributed by atoms with E-state index < -0.39 is 0 Å². The summed E-state index contributed by atoms with van der Waals surface area (Å²) in [5.74, 6) is 5.65. The predicted octanol–water partition coefficient (Wildman–Crippen LogP) is 13.4. The van der Waals surface area contributed by atoms with Crippen LogP contribution in [0.2, 0.25) is 0 Å². The van der Waals surface area contributed by atoms with Gasteiger partial charge in [0.1, 0.15) is 0 Å². The lowest BCUT2D eigenvalue weighted by Gasteiger charge is -2.61. The highest BCUT2D eigenvalue weighted by molar-refractivity contribution is 5.93. The topological polar surface area (TPSA) is 3.24 Å². The van der Waals surface area contributed by atoms with Gasteiger partial charge < -0.3 is 4.90 Å². The van der Waals surface area contributed by atoms with Gasteiger partial charge in [-0.25, -0.2) is 0 Å². The number of benzene rings is 5. The molecule has 2 spiro atoms. The first kappa shape index (κ1) is 30.4. The third kappa shape index (κ3) is 3.76. The molecule has 0 aromatic heterocycles. The Morgan fingerprint density at radius 2 is 1.10 bits per heavy atom. The molecule has 6 fully saturated rings. The quantitative estimate of drug-likeness (QED) is 0.183. The second-order valence-electron chi connectivity index (χ2n) is 18.3. The lowest BCUT2D eigenvalue weighted by Crippen LogP contribution is -2.55. The molecule has 13 rings (SSSR count). The first-order valence-corrected chi connectivity index (χ1v) is 21.0. The Hall–Kier alpha value is -4.10. The summed E-state index contributed by atoms with van der Waals surface area (Å²) >= 11 is 0. The Morgan fingerprint density at radius 1 is 0.500 bits per heavy atom. The molecule has 1 nitrogen and oxygen atoms in total. The highest BCUT2D eigenvalue weighted by atomic mass is 15.1. The van der Waals surface area contributed by atoms with Crippen molar-refractivity contribution < 1.29 is 0 Å². The fourth-order valence-corrected chi connectivity index (χ4v) is 15.0. The highest BCUT2D eigenvalue weighted by Gasteiger charge is 2.62. The first-order chi connectivity index (χ1) is 25.7. The van der Waals surface area contributed by atoms with Crippen LogP contribution in [0.4, 0.5) is 17.1 Å². The molecular weight excluding hydrogens is 627 g/mol. The fraction of sp³-hybridized carbons (Fsp3) is 0.412. The highest BCUT2D eigenvalue weighted by Crippen LogP contribution is 2.71. The number of hydrogen-bond donors (Lipinski definition) is 0. The second kappa shape index (κ2) is 11.0. The van der Waals surface area contributed by atoms with Crippen molar-refractivity contribution in [1.29, 1.82) is 0 Å². The van der Waals surface area contributed by atoms with Crippen LogP contribution in [0.1, 0.15) is 99.8 Å². The van der Waals surface area contributed by atoms with E-state index in [4.69, 9.17) is 0 Å². The number of anilines is 3. The minimum atomic E-state index is 0.0785. The van der Waals surface area contributed by atoms with Gasteiger partial charge in [0.2, 0.25) is 0 Å². The molecule has 0 saturated heterocycles. The molecule has 6 saturated carbocycles. The van der Waals surface area contributed by atoms with Gasteiger partial charge in [0, 0.05) is 22.2 Å². The average Bonchev–Trinajstić information content (AvgIpc) is 3.63. The van der Waals surface area contributed by atoms with Crippen molar-refractivity contribution in [2.75, 3.05) is 4.90 Å². The van der Waals surface area contributed by atoms with Crippen LogP contribution in [0.5, 0.6) is 0 Å². The first-order valence-electron chi connectivity index (χ1n) is 21.0. The van der Waals surface area contributed by atoms with Gasteiger partial charge in [0.25, 0.3) is 0 Å². The van der Waals surface area contributed by atoms with Crippen molar-refractivity contribution in [2.24, 2.45) is 41.4 Å².